The average Bonchev–Trinajstić information content (AvgIpc) is 2.87. The van der Waals surface area contributed by atoms with Gasteiger partial charge in [0.15, 0.2) is 0 Å². The van der Waals surface area contributed by atoms with Crippen molar-refractivity contribution in [1.82, 2.24) is 15.1 Å². The summed E-state index contributed by atoms with van der Waals surface area (Å²) in [6.07, 6.45) is 5.97. The third-order valence-electron chi connectivity index (χ3n) is 4.41. The maximum atomic E-state index is 12.3. The summed E-state index contributed by atoms with van der Waals surface area (Å²) < 4.78 is 1.75. The Morgan fingerprint density at radius 3 is 2.75 bits per heavy atom. The second kappa shape index (κ2) is 6.39. The van der Waals surface area contributed by atoms with Gasteiger partial charge in [0.2, 0.25) is 0 Å². The highest BCUT2D eigenvalue weighted by molar-refractivity contribution is 5.92. The van der Waals surface area contributed by atoms with Crippen LogP contribution >= 0.6 is 0 Å². The van der Waals surface area contributed by atoms with Gasteiger partial charge in [-0.2, -0.15) is 5.10 Å². The van der Waals surface area contributed by atoms with E-state index in [1.165, 1.54) is 19.3 Å². The fourth-order valence-electron chi connectivity index (χ4n) is 3.08. The van der Waals surface area contributed by atoms with Crippen molar-refractivity contribution in [2.75, 3.05) is 13.1 Å². The molecular formula is C15H26N4O. The first-order valence-corrected chi connectivity index (χ1v) is 7.63. The standard InChI is InChI=1S/C15H26N4O/c1-3-19-13(9-12(2)18-19)14(20)17-11-15(10-16)7-5-4-6-8-15/h9H,3-8,10-11,16H2,1-2H3,(H,17,20). The van der Waals surface area contributed by atoms with E-state index in [-0.39, 0.29) is 11.3 Å². The molecule has 0 unspecified atom stereocenters. The second-order valence-electron chi connectivity index (χ2n) is 5.93. The van der Waals surface area contributed by atoms with Crippen molar-refractivity contribution in [3.05, 3.63) is 17.5 Å². The van der Waals surface area contributed by atoms with E-state index in [2.05, 4.69) is 10.4 Å². The van der Waals surface area contributed by atoms with Gasteiger partial charge in [0, 0.05) is 13.1 Å². The zero-order valence-corrected chi connectivity index (χ0v) is 12.6. The van der Waals surface area contributed by atoms with E-state index in [1.807, 2.05) is 19.9 Å². The van der Waals surface area contributed by atoms with Crippen LogP contribution in [0.3, 0.4) is 0 Å². The minimum atomic E-state index is -0.0363. The number of amides is 1. The zero-order chi connectivity index (χ0) is 14.6. The van der Waals surface area contributed by atoms with Crippen LogP contribution in [0.4, 0.5) is 0 Å². The number of carbonyl (C=O) groups is 1. The van der Waals surface area contributed by atoms with Crippen LogP contribution < -0.4 is 11.1 Å². The lowest BCUT2D eigenvalue weighted by Crippen LogP contribution is -2.44. The molecule has 20 heavy (non-hydrogen) atoms. The number of rotatable bonds is 5. The number of carbonyl (C=O) groups excluding carboxylic acids is 1. The lowest BCUT2D eigenvalue weighted by Gasteiger charge is -2.36. The summed E-state index contributed by atoms with van der Waals surface area (Å²) in [6, 6.07) is 1.84. The number of hydrogen-bond acceptors (Lipinski definition) is 3. The zero-order valence-electron chi connectivity index (χ0n) is 12.6. The van der Waals surface area contributed by atoms with Crippen LogP contribution in [0.2, 0.25) is 0 Å². The van der Waals surface area contributed by atoms with Gasteiger partial charge in [-0.3, -0.25) is 9.48 Å². The first-order chi connectivity index (χ1) is 9.60. The Balaban J connectivity index is 2.00. The SMILES string of the molecule is CCn1nc(C)cc1C(=O)NCC1(CN)CCCCC1. The number of nitrogens with one attached hydrogen (secondary N) is 1. The van der Waals surface area contributed by atoms with Crippen molar-refractivity contribution < 1.29 is 4.79 Å². The summed E-state index contributed by atoms with van der Waals surface area (Å²) >= 11 is 0. The predicted molar refractivity (Wildman–Crippen MR) is 79.5 cm³/mol. The normalized spacial score (nSPS) is 17.9. The molecule has 1 aliphatic carbocycles. The summed E-state index contributed by atoms with van der Waals surface area (Å²) in [5.41, 5.74) is 7.58. The highest BCUT2D eigenvalue weighted by atomic mass is 16.2. The topological polar surface area (TPSA) is 72.9 Å². The molecule has 2 rings (SSSR count). The molecule has 3 N–H and O–H groups in total. The molecule has 0 radical (unpaired) electrons. The van der Waals surface area contributed by atoms with E-state index in [0.29, 0.717) is 25.3 Å². The maximum Gasteiger partial charge on any atom is 0.269 e. The molecule has 5 nitrogen and oxygen atoms in total. The van der Waals surface area contributed by atoms with Crippen LogP contribution in [-0.2, 0) is 6.54 Å². The van der Waals surface area contributed by atoms with E-state index in [0.717, 1.165) is 18.5 Å². The predicted octanol–water partition coefficient (Wildman–Crippen LogP) is 1.85. The Bertz CT molecular complexity index is 460. The highest BCUT2D eigenvalue weighted by Crippen LogP contribution is 2.34. The number of aryl methyl sites for hydroxylation is 2. The van der Waals surface area contributed by atoms with Gasteiger partial charge in [-0.15, -0.1) is 0 Å². The maximum absolute atomic E-state index is 12.3. The summed E-state index contributed by atoms with van der Waals surface area (Å²) in [6.45, 7) is 5.94. The molecule has 0 aromatic carbocycles. The fraction of sp³-hybridized carbons (Fsp3) is 0.733. The van der Waals surface area contributed by atoms with Crippen LogP contribution in [-0.4, -0.2) is 28.8 Å². The van der Waals surface area contributed by atoms with Gasteiger partial charge >= 0.3 is 0 Å². The minimum Gasteiger partial charge on any atom is -0.350 e. The lowest BCUT2D eigenvalue weighted by atomic mass is 9.74. The van der Waals surface area contributed by atoms with Gasteiger partial charge in [0.25, 0.3) is 5.91 Å². The second-order valence-corrected chi connectivity index (χ2v) is 5.93. The Morgan fingerprint density at radius 2 is 2.15 bits per heavy atom. The Labute approximate surface area is 120 Å². The van der Waals surface area contributed by atoms with Crippen molar-refractivity contribution in [1.29, 1.82) is 0 Å². The molecule has 1 heterocycles. The van der Waals surface area contributed by atoms with Crippen LogP contribution in [0.15, 0.2) is 6.07 Å². The van der Waals surface area contributed by atoms with Crippen LogP contribution in [0.1, 0.15) is 55.2 Å². The Kier molecular flexibility index (Phi) is 4.81. The highest BCUT2D eigenvalue weighted by Gasteiger charge is 2.31. The van der Waals surface area contributed by atoms with Crippen molar-refractivity contribution in [3.63, 3.8) is 0 Å². The first kappa shape index (κ1) is 15.0. The molecule has 1 saturated carbocycles. The first-order valence-electron chi connectivity index (χ1n) is 7.63. The number of hydrogen-bond donors (Lipinski definition) is 2. The van der Waals surface area contributed by atoms with Gasteiger partial charge in [0.05, 0.1) is 5.69 Å². The largest absolute Gasteiger partial charge is 0.350 e. The van der Waals surface area contributed by atoms with Crippen LogP contribution in [0.5, 0.6) is 0 Å². The molecule has 0 saturated heterocycles. The van der Waals surface area contributed by atoms with Gasteiger partial charge in [-0.25, -0.2) is 0 Å². The summed E-state index contributed by atoms with van der Waals surface area (Å²) in [5.74, 6) is -0.0363. The van der Waals surface area contributed by atoms with Crippen molar-refractivity contribution in [2.24, 2.45) is 11.1 Å². The Hall–Kier alpha value is -1.36. The third-order valence-corrected chi connectivity index (χ3v) is 4.41. The molecule has 5 heteroatoms. The number of nitrogens with zero attached hydrogens (tertiary/aromatic N) is 2. The van der Waals surface area contributed by atoms with Gasteiger partial charge < -0.3 is 11.1 Å². The summed E-state index contributed by atoms with van der Waals surface area (Å²) in [7, 11) is 0. The molecule has 1 amide bonds. The molecule has 0 atom stereocenters. The third kappa shape index (κ3) is 3.20. The molecule has 1 aliphatic rings. The lowest BCUT2D eigenvalue weighted by molar-refractivity contribution is 0.0903. The van der Waals surface area contributed by atoms with Gasteiger partial charge in [-0.05, 0) is 44.7 Å². The molecule has 0 bridgehead atoms. The average molecular weight is 278 g/mol. The fourth-order valence-corrected chi connectivity index (χ4v) is 3.08. The monoisotopic (exact) mass is 278 g/mol. The van der Waals surface area contributed by atoms with Crippen molar-refractivity contribution >= 4 is 5.91 Å². The van der Waals surface area contributed by atoms with Crippen LogP contribution in [0, 0.1) is 12.3 Å². The van der Waals surface area contributed by atoms with Gasteiger partial charge in [-0.1, -0.05) is 19.3 Å². The number of nitrogens with two attached hydrogens (primary N) is 1. The molecule has 1 aromatic heterocycles. The molecular weight excluding hydrogens is 252 g/mol. The van der Waals surface area contributed by atoms with E-state index in [9.17, 15) is 4.79 Å². The smallest absolute Gasteiger partial charge is 0.269 e. The molecule has 0 aliphatic heterocycles. The van der Waals surface area contributed by atoms with Crippen molar-refractivity contribution in [2.45, 2.75) is 52.5 Å². The summed E-state index contributed by atoms with van der Waals surface area (Å²) in [5, 5.41) is 7.38. The molecule has 1 aromatic rings. The van der Waals surface area contributed by atoms with E-state index in [1.54, 1.807) is 4.68 Å². The molecule has 112 valence electrons. The van der Waals surface area contributed by atoms with Gasteiger partial charge in [0.1, 0.15) is 5.69 Å². The quantitative estimate of drug-likeness (QED) is 0.863. The molecule has 0 spiro atoms. The number of aromatic nitrogens is 2. The van der Waals surface area contributed by atoms with Crippen LogP contribution in [0.25, 0.3) is 0 Å². The van der Waals surface area contributed by atoms with E-state index >= 15 is 0 Å². The van der Waals surface area contributed by atoms with E-state index < -0.39 is 0 Å². The Morgan fingerprint density at radius 1 is 1.45 bits per heavy atom. The minimum absolute atomic E-state index is 0.0363. The van der Waals surface area contributed by atoms with Crippen molar-refractivity contribution in [3.8, 4) is 0 Å². The molecule has 1 fully saturated rings. The summed E-state index contributed by atoms with van der Waals surface area (Å²) in [4.78, 5) is 12.3. The van der Waals surface area contributed by atoms with E-state index in [4.69, 9.17) is 5.73 Å².